The van der Waals surface area contributed by atoms with E-state index in [0.29, 0.717) is 38.9 Å². The molecule has 0 radical (unpaired) electrons. The minimum absolute atomic E-state index is 0.207. The van der Waals surface area contributed by atoms with Gasteiger partial charge in [0.25, 0.3) is 11.1 Å². The van der Waals surface area contributed by atoms with Gasteiger partial charge in [-0.2, -0.15) is 0 Å². The Bertz CT molecular complexity index is 1130. The maximum atomic E-state index is 12.8. The quantitative estimate of drug-likeness (QED) is 0.399. The van der Waals surface area contributed by atoms with E-state index in [2.05, 4.69) is 15.9 Å². The molecule has 2 heterocycles. The van der Waals surface area contributed by atoms with Crippen LogP contribution < -0.4 is 4.74 Å². The lowest BCUT2D eigenvalue weighted by atomic mass is 10.2. The van der Waals surface area contributed by atoms with Crippen LogP contribution in [0.25, 0.3) is 6.08 Å². The van der Waals surface area contributed by atoms with Crippen LogP contribution in [0.4, 0.5) is 4.79 Å². The average molecular weight is 570 g/mol. The third kappa shape index (κ3) is 5.57. The standard InChI is InChI=1S/C23H19BrCl2N2O4S/c24-16-9-14(10-18(26)21(16)32-13-15-5-1-2-6-17(15)25)11-19-22(30)28(23(31)33-19)12-20(29)27-7-3-4-8-27/h1-2,5-6,9-11H,3-4,7-8,12-13H2/b19-11-. The van der Waals surface area contributed by atoms with Gasteiger partial charge in [-0.1, -0.05) is 41.4 Å². The first-order chi connectivity index (χ1) is 15.8. The maximum Gasteiger partial charge on any atom is 0.294 e. The molecule has 0 atom stereocenters. The van der Waals surface area contributed by atoms with Gasteiger partial charge in [-0.3, -0.25) is 19.3 Å². The summed E-state index contributed by atoms with van der Waals surface area (Å²) >= 11 is 16.9. The van der Waals surface area contributed by atoms with E-state index in [1.165, 1.54) is 0 Å². The largest absolute Gasteiger partial charge is 0.486 e. The highest BCUT2D eigenvalue weighted by Gasteiger charge is 2.37. The molecule has 0 aliphatic carbocycles. The number of carbonyl (C=O) groups excluding carboxylic acids is 3. The minimum atomic E-state index is -0.483. The first kappa shape index (κ1) is 24.1. The number of thioether (sulfide) groups is 1. The number of imide groups is 1. The second-order valence-electron chi connectivity index (χ2n) is 7.55. The van der Waals surface area contributed by atoms with Gasteiger partial charge in [0, 0.05) is 23.7 Å². The molecule has 3 amide bonds. The molecule has 2 aromatic carbocycles. The van der Waals surface area contributed by atoms with Gasteiger partial charge in [0.2, 0.25) is 5.91 Å². The zero-order valence-corrected chi connectivity index (χ0v) is 21.3. The SMILES string of the molecule is O=C(CN1C(=O)S/C(=C\c2cc(Cl)c(OCc3ccccc3Cl)c(Br)c2)C1=O)N1CCCC1. The molecule has 0 bridgehead atoms. The number of hydrogen-bond acceptors (Lipinski definition) is 5. The van der Waals surface area contributed by atoms with Crippen LogP contribution in [0.1, 0.15) is 24.0 Å². The Morgan fingerprint density at radius 3 is 2.55 bits per heavy atom. The van der Waals surface area contributed by atoms with Gasteiger partial charge in [-0.05, 0) is 70.4 Å². The summed E-state index contributed by atoms with van der Waals surface area (Å²) < 4.78 is 6.44. The van der Waals surface area contributed by atoms with E-state index in [1.54, 1.807) is 29.2 Å². The van der Waals surface area contributed by atoms with E-state index >= 15 is 0 Å². The van der Waals surface area contributed by atoms with Crippen molar-refractivity contribution in [1.29, 1.82) is 0 Å². The smallest absolute Gasteiger partial charge is 0.294 e. The summed E-state index contributed by atoms with van der Waals surface area (Å²) in [6.07, 6.45) is 3.47. The van der Waals surface area contributed by atoms with Crippen LogP contribution in [0.15, 0.2) is 45.8 Å². The van der Waals surface area contributed by atoms with Crippen LogP contribution >= 0.6 is 50.9 Å². The van der Waals surface area contributed by atoms with E-state index in [4.69, 9.17) is 27.9 Å². The van der Waals surface area contributed by atoms with E-state index in [0.717, 1.165) is 35.1 Å². The normalized spacial score (nSPS) is 17.4. The molecule has 33 heavy (non-hydrogen) atoms. The van der Waals surface area contributed by atoms with Crippen LogP contribution in [-0.2, 0) is 16.2 Å². The molecule has 0 unspecified atom stereocenters. The van der Waals surface area contributed by atoms with Crippen molar-refractivity contribution in [3.8, 4) is 5.75 Å². The van der Waals surface area contributed by atoms with Crippen molar-refractivity contribution < 1.29 is 19.1 Å². The Hall–Kier alpha value is -2.00. The molecule has 2 aliphatic rings. The van der Waals surface area contributed by atoms with Crippen molar-refractivity contribution >= 4 is 74.0 Å². The molecule has 0 aromatic heterocycles. The Morgan fingerprint density at radius 1 is 1.12 bits per heavy atom. The molecular formula is C23H19BrCl2N2O4S. The number of rotatable bonds is 6. The van der Waals surface area contributed by atoms with E-state index in [-0.39, 0.29) is 24.0 Å². The Kier molecular flexibility index (Phi) is 7.69. The molecule has 2 aromatic rings. The Balaban J connectivity index is 1.47. The topological polar surface area (TPSA) is 66.9 Å². The van der Waals surface area contributed by atoms with Gasteiger partial charge in [-0.15, -0.1) is 0 Å². The second kappa shape index (κ2) is 10.5. The van der Waals surface area contributed by atoms with Gasteiger partial charge in [0.1, 0.15) is 13.2 Å². The highest BCUT2D eigenvalue weighted by Crippen LogP contribution is 2.38. The summed E-state index contributed by atoms with van der Waals surface area (Å²) in [6, 6.07) is 10.8. The van der Waals surface area contributed by atoms with Crippen molar-refractivity contribution in [3.63, 3.8) is 0 Å². The first-order valence-electron chi connectivity index (χ1n) is 10.2. The molecule has 172 valence electrons. The average Bonchev–Trinajstić information content (AvgIpc) is 3.39. The third-order valence-corrected chi connectivity index (χ3v) is 7.42. The van der Waals surface area contributed by atoms with Gasteiger partial charge in [0.05, 0.1) is 14.4 Å². The predicted molar refractivity (Wildman–Crippen MR) is 133 cm³/mol. The number of nitrogens with zero attached hydrogens (tertiary/aromatic N) is 2. The zero-order chi connectivity index (χ0) is 23.5. The molecule has 10 heteroatoms. The van der Waals surface area contributed by atoms with Crippen LogP contribution in [-0.4, -0.2) is 46.5 Å². The number of carbonyl (C=O) groups is 3. The molecular weight excluding hydrogens is 551 g/mol. The third-order valence-electron chi connectivity index (χ3n) is 5.27. The van der Waals surface area contributed by atoms with Gasteiger partial charge < -0.3 is 9.64 Å². The Morgan fingerprint density at radius 2 is 1.85 bits per heavy atom. The molecule has 0 saturated carbocycles. The molecule has 6 nitrogen and oxygen atoms in total. The summed E-state index contributed by atoms with van der Waals surface area (Å²) in [5.74, 6) is -0.247. The van der Waals surface area contributed by atoms with E-state index in [1.807, 2.05) is 18.2 Å². The number of halogens is 3. The lowest BCUT2D eigenvalue weighted by Crippen LogP contribution is -2.40. The second-order valence-corrected chi connectivity index (χ2v) is 10.2. The van der Waals surface area contributed by atoms with Crippen LogP contribution in [0.5, 0.6) is 5.75 Å². The summed E-state index contributed by atoms with van der Waals surface area (Å²) in [4.78, 5) is 40.4. The highest BCUT2D eigenvalue weighted by atomic mass is 79.9. The van der Waals surface area contributed by atoms with E-state index in [9.17, 15) is 14.4 Å². The molecule has 0 spiro atoms. The van der Waals surface area contributed by atoms with Crippen LogP contribution in [0, 0.1) is 0 Å². The monoisotopic (exact) mass is 568 g/mol. The predicted octanol–water partition coefficient (Wildman–Crippen LogP) is 5.99. The molecule has 2 fully saturated rings. The fourth-order valence-corrected chi connectivity index (χ4v) is 5.57. The van der Waals surface area contributed by atoms with Crippen molar-refractivity contribution in [1.82, 2.24) is 9.80 Å². The molecule has 2 aliphatic heterocycles. The first-order valence-corrected chi connectivity index (χ1v) is 12.6. The lowest BCUT2D eigenvalue weighted by Gasteiger charge is -2.18. The minimum Gasteiger partial charge on any atom is -0.486 e. The highest BCUT2D eigenvalue weighted by molar-refractivity contribution is 9.10. The van der Waals surface area contributed by atoms with Gasteiger partial charge in [0.15, 0.2) is 5.75 Å². The van der Waals surface area contributed by atoms with Crippen molar-refractivity contribution in [3.05, 3.63) is 66.9 Å². The summed E-state index contributed by atoms with van der Waals surface area (Å²) in [6.45, 7) is 1.34. The number of likely N-dealkylation sites (tertiary alicyclic amines) is 1. The number of hydrogen-bond donors (Lipinski definition) is 0. The summed E-state index contributed by atoms with van der Waals surface area (Å²) in [5, 5.41) is 0.482. The zero-order valence-electron chi connectivity index (χ0n) is 17.4. The lowest BCUT2D eigenvalue weighted by molar-refractivity contribution is -0.135. The number of ether oxygens (including phenoxy) is 1. The fourth-order valence-electron chi connectivity index (χ4n) is 3.56. The van der Waals surface area contributed by atoms with E-state index < -0.39 is 11.1 Å². The van der Waals surface area contributed by atoms with Gasteiger partial charge >= 0.3 is 0 Å². The van der Waals surface area contributed by atoms with Crippen LogP contribution in [0.3, 0.4) is 0 Å². The maximum absolute atomic E-state index is 12.8. The molecule has 4 rings (SSSR count). The van der Waals surface area contributed by atoms with Crippen LogP contribution in [0.2, 0.25) is 10.0 Å². The van der Waals surface area contributed by atoms with Crippen molar-refractivity contribution in [2.75, 3.05) is 19.6 Å². The van der Waals surface area contributed by atoms with Crippen molar-refractivity contribution in [2.45, 2.75) is 19.4 Å². The Labute approximate surface area is 214 Å². The molecule has 2 saturated heterocycles. The van der Waals surface area contributed by atoms with Gasteiger partial charge in [-0.25, -0.2) is 0 Å². The number of amides is 3. The molecule has 0 N–H and O–H groups in total. The summed E-state index contributed by atoms with van der Waals surface area (Å²) in [7, 11) is 0. The summed E-state index contributed by atoms with van der Waals surface area (Å²) in [5.41, 5.74) is 1.44. The van der Waals surface area contributed by atoms with Crippen molar-refractivity contribution in [2.24, 2.45) is 0 Å². The fraction of sp³-hybridized carbons (Fsp3) is 0.261. The number of benzene rings is 2.